The molecule has 2 amide bonds. The maximum absolute atomic E-state index is 13.2. The third kappa shape index (κ3) is 5.94. The van der Waals surface area contributed by atoms with E-state index in [1.807, 2.05) is 0 Å². The zero-order valence-corrected chi connectivity index (χ0v) is 22.5. The van der Waals surface area contributed by atoms with Crippen molar-refractivity contribution in [3.05, 3.63) is 36.9 Å². The first-order valence-electron chi connectivity index (χ1n) is 12.5. The molecule has 1 aromatic carbocycles. The highest BCUT2D eigenvalue weighted by Gasteiger charge is 2.45. The second-order valence-corrected chi connectivity index (χ2v) is 14.5. The third-order valence-electron chi connectivity index (χ3n) is 7.77. The van der Waals surface area contributed by atoms with Crippen LogP contribution in [0, 0.1) is 23.2 Å². The minimum absolute atomic E-state index is 0.00626. The summed E-state index contributed by atoms with van der Waals surface area (Å²) in [6.07, 6.45) is 5.94. The molecule has 192 valence electrons. The lowest BCUT2D eigenvalue weighted by Crippen LogP contribution is -2.33. The summed E-state index contributed by atoms with van der Waals surface area (Å²) in [6.45, 7) is 11.2. The number of carbonyl (C=O) groups excluding carboxylic acids is 2. The summed E-state index contributed by atoms with van der Waals surface area (Å²) in [5, 5.41) is 6.06. The second kappa shape index (κ2) is 10.3. The van der Waals surface area contributed by atoms with Gasteiger partial charge in [0.05, 0.1) is 10.3 Å². The van der Waals surface area contributed by atoms with Gasteiger partial charge in [-0.15, -0.1) is 11.8 Å². The van der Waals surface area contributed by atoms with Gasteiger partial charge in [-0.2, -0.15) is 4.31 Å². The molecule has 0 spiro atoms. The van der Waals surface area contributed by atoms with Crippen LogP contribution in [0.3, 0.4) is 0 Å². The van der Waals surface area contributed by atoms with E-state index in [1.54, 1.807) is 40.3 Å². The molecule has 0 radical (unpaired) electrons. The monoisotopic (exact) mass is 519 g/mol. The predicted molar refractivity (Wildman–Crippen MR) is 140 cm³/mol. The summed E-state index contributed by atoms with van der Waals surface area (Å²) >= 11 is 1.63. The minimum atomic E-state index is -3.61. The molecule has 1 saturated carbocycles. The van der Waals surface area contributed by atoms with Crippen molar-refractivity contribution in [1.29, 1.82) is 0 Å². The summed E-state index contributed by atoms with van der Waals surface area (Å²) in [7, 11) is -3.61. The molecule has 4 rings (SSSR count). The summed E-state index contributed by atoms with van der Waals surface area (Å²) in [6, 6.07) is 6.52. The number of nitrogens with one attached hydrogen (secondary N) is 2. The Balaban J connectivity index is 1.31. The van der Waals surface area contributed by atoms with Crippen molar-refractivity contribution >= 4 is 39.3 Å². The molecule has 1 aromatic rings. The molecular weight excluding hydrogens is 482 g/mol. The maximum Gasteiger partial charge on any atom is 0.244 e. The van der Waals surface area contributed by atoms with Crippen molar-refractivity contribution in [3.8, 4) is 0 Å². The Labute approximate surface area is 213 Å². The van der Waals surface area contributed by atoms with Gasteiger partial charge in [0, 0.05) is 29.9 Å². The molecule has 3 aliphatic rings. The van der Waals surface area contributed by atoms with Crippen LogP contribution in [0.5, 0.6) is 0 Å². The van der Waals surface area contributed by atoms with Crippen LogP contribution in [0.25, 0.3) is 0 Å². The standard InChI is InChI=1S/C26H37N3O4S2/c1-5-23(30)28-24-14-18-15-29(16-22(18)34-24)35(32,33)21-12-10-20(11-13-21)27-25(31)17-6-8-19(9-7-17)26(2,3)4/h5,10-13,17-19,22,24H,1,6-9,14-16H2,2-4H3,(H,27,31)(H,28,30). The van der Waals surface area contributed by atoms with E-state index in [0.717, 1.165) is 32.1 Å². The minimum Gasteiger partial charge on any atom is -0.341 e. The molecule has 1 aliphatic carbocycles. The zero-order chi connectivity index (χ0) is 25.4. The molecule has 0 aromatic heterocycles. The molecular formula is C26H37N3O4S2. The summed E-state index contributed by atoms with van der Waals surface area (Å²) in [5.74, 6) is 0.707. The van der Waals surface area contributed by atoms with E-state index in [0.29, 0.717) is 24.7 Å². The van der Waals surface area contributed by atoms with Gasteiger partial charge in [0.25, 0.3) is 0 Å². The van der Waals surface area contributed by atoms with E-state index in [-0.39, 0.29) is 44.6 Å². The predicted octanol–water partition coefficient (Wildman–Crippen LogP) is 4.23. The number of thioether (sulfide) groups is 1. The number of nitrogens with zero attached hydrogens (tertiary/aromatic N) is 1. The number of carbonyl (C=O) groups is 2. The molecule has 7 nitrogen and oxygen atoms in total. The van der Waals surface area contributed by atoms with Gasteiger partial charge in [-0.3, -0.25) is 9.59 Å². The summed E-state index contributed by atoms with van der Waals surface area (Å²) in [5.41, 5.74) is 0.903. The van der Waals surface area contributed by atoms with Gasteiger partial charge in [-0.05, 0) is 79.7 Å². The van der Waals surface area contributed by atoms with Crippen molar-refractivity contribution in [2.24, 2.45) is 23.2 Å². The van der Waals surface area contributed by atoms with Gasteiger partial charge >= 0.3 is 0 Å². The SMILES string of the molecule is C=CC(=O)NC1CC2CN(S(=O)(=O)c3ccc(NC(=O)C4CCC(C(C)(C)C)CC4)cc3)CC2S1. The topological polar surface area (TPSA) is 95.6 Å². The maximum atomic E-state index is 13.2. The lowest BCUT2D eigenvalue weighted by Gasteiger charge is -2.36. The van der Waals surface area contributed by atoms with Crippen LogP contribution < -0.4 is 10.6 Å². The van der Waals surface area contributed by atoms with Crippen LogP contribution in [-0.2, 0) is 19.6 Å². The first kappa shape index (κ1) is 26.2. The molecule has 3 atom stereocenters. The van der Waals surface area contributed by atoms with Crippen LogP contribution in [-0.4, -0.2) is 48.3 Å². The quantitative estimate of drug-likeness (QED) is 0.549. The molecule has 2 aliphatic heterocycles. The van der Waals surface area contributed by atoms with Crippen LogP contribution in [0.1, 0.15) is 52.9 Å². The normalized spacial score (nSPS) is 29.4. The molecule has 2 heterocycles. The van der Waals surface area contributed by atoms with Crippen LogP contribution >= 0.6 is 11.8 Å². The van der Waals surface area contributed by atoms with Crippen molar-refractivity contribution in [2.75, 3.05) is 18.4 Å². The summed E-state index contributed by atoms with van der Waals surface area (Å²) in [4.78, 5) is 24.6. The van der Waals surface area contributed by atoms with Gasteiger partial charge in [0.15, 0.2) is 0 Å². The molecule has 2 N–H and O–H groups in total. The average Bonchev–Trinajstić information content (AvgIpc) is 3.38. The third-order valence-corrected chi connectivity index (χ3v) is 11.1. The Hall–Kier alpha value is -1.84. The van der Waals surface area contributed by atoms with E-state index in [1.165, 1.54) is 6.08 Å². The lowest BCUT2D eigenvalue weighted by molar-refractivity contribution is -0.121. The fourth-order valence-electron chi connectivity index (χ4n) is 5.56. The van der Waals surface area contributed by atoms with E-state index in [4.69, 9.17) is 0 Å². The Morgan fingerprint density at radius 2 is 1.74 bits per heavy atom. The molecule has 9 heteroatoms. The number of amides is 2. The fraction of sp³-hybridized carbons (Fsp3) is 0.615. The number of sulfonamides is 1. The number of fused-ring (bicyclic) bond motifs is 1. The molecule has 3 fully saturated rings. The van der Waals surface area contributed by atoms with Gasteiger partial charge in [0.1, 0.15) is 0 Å². The highest BCUT2D eigenvalue weighted by Crippen LogP contribution is 2.43. The van der Waals surface area contributed by atoms with Gasteiger partial charge in [-0.25, -0.2) is 8.42 Å². The molecule has 2 saturated heterocycles. The second-order valence-electron chi connectivity index (χ2n) is 11.1. The van der Waals surface area contributed by atoms with Crippen molar-refractivity contribution in [2.45, 2.75) is 68.4 Å². The molecule has 35 heavy (non-hydrogen) atoms. The first-order valence-corrected chi connectivity index (χ1v) is 14.8. The van der Waals surface area contributed by atoms with Gasteiger partial charge in [-0.1, -0.05) is 27.4 Å². The first-order chi connectivity index (χ1) is 16.5. The van der Waals surface area contributed by atoms with Gasteiger partial charge in [0.2, 0.25) is 21.8 Å². The number of hydrogen-bond donors (Lipinski definition) is 2. The molecule has 3 unspecified atom stereocenters. The average molecular weight is 520 g/mol. The fourth-order valence-corrected chi connectivity index (χ4v) is 8.82. The largest absolute Gasteiger partial charge is 0.341 e. The van der Waals surface area contributed by atoms with Gasteiger partial charge < -0.3 is 10.6 Å². The Morgan fingerprint density at radius 1 is 1.09 bits per heavy atom. The Morgan fingerprint density at radius 3 is 2.31 bits per heavy atom. The number of anilines is 1. The van der Waals surface area contributed by atoms with Crippen LogP contribution in [0.2, 0.25) is 0 Å². The number of rotatable bonds is 6. The number of benzene rings is 1. The Bertz CT molecular complexity index is 1040. The van der Waals surface area contributed by atoms with Crippen molar-refractivity contribution < 1.29 is 18.0 Å². The highest BCUT2D eigenvalue weighted by atomic mass is 32.2. The van der Waals surface area contributed by atoms with Crippen LogP contribution in [0.4, 0.5) is 5.69 Å². The lowest BCUT2D eigenvalue weighted by atomic mass is 9.69. The smallest absolute Gasteiger partial charge is 0.244 e. The van der Waals surface area contributed by atoms with E-state index < -0.39 is 10.0 Å². The summed E-state index contributed by atoms with van der Waals surface area (Å²) < 4.78 is 28.0. The zero-order valence-electron chi connectivity index (χ0n) is 20.8. The number of hydrogen-bond acceptors (Lipinski definition) is 5. The van der Waals surface area contributed by atoms with Crippen molar-refractivity contribution in [1.82, 2.24) is 9.62 Å². The van der Waals surface area contributed by atoms with E-state index in [9.17, 15) is 18.0 Å². The van der Waals surface area contributed by atoms with Crippen molar-refractivity contribution in [3.63, 3.8) is 0 Å². The Kier molecular flexibility index (Phi) is 7.69. The van der Waals surface area contributed by atoms with E-state index in [2.05, 4.69) is 38.0 Å². The molecule has 0 bridgehead atoms. The van der Waals surface area contributed by atoms with E-state index >= 15 is 0 Å². The highest BCUT2D eigenvalue weighted by molar-refractivity contribution is 8.00. The van der Waals surface area contributed by atoms with Crippen LogP contribution in [0.15, 0.2) is 41.8 Å².